The first-order valence-corrected chi connectivity index (χ1v) is 12.1. The van der Waals surface area contributed by atoms with Gasteiger partial charge in [-0.15, -0.1) is 0 Å². The van der Waals surface area contributed by atoms with Gasteiger partial charge in [0, 0.05) is 16.5 Å². The van der Waals surface area contributed by atoms with Crippen LogP contribution in [0.1, 0.15) is 11.1 Å². The standard InChI is InChI=1S/C30H23N5O5/c1-38-21-14-12-20(13-15-21)34-29(36)24(17-31)23-16-25(22-9-5-7-11-27(22)40-3)35(30(37)28(23)33-34)32-18-19-8-4-6-10-26(19)39-2/h4-16,18H,1-3H3/b32-18-. The van der Waals surface area contributed by atoms with Crippen LogP contribution in [0.15, 0.2) is 93.6 Å². The van der Waals surface area contributed by atoms with Gasteiger partial charge >= 0.3 is 0 Å². The van der Waals surface area contributed by atoms with Crippen LogP contribution in [0.4, 0.5) is 0 Å². The second-order valence-corrected chi connectivity index (χ2v) is 8.50. The molecule has 0 N–H and O–H groups in total. The van der Waals surface area contributed by atoms with Gasteiger partial charge in [0.1, 0.15) is 28.9 Å². The Hall–Kier alpha value is -5.69. The Balaban J connectivity index is 1.85. The van der Waals surface area contributed by atoms with E-state index < -0.39 is 11.1 Å². The van der Waals surface area contributed by atoms with E-state index in [1.165, 1.54) is 25.1 Å². The van der Waals surface area contributed by atoms with Gasteiger partial charge in [-0.05, 0) is 54.6 Å². The summed E-state index contributed by atoms with van der Waals surface area (Å²) in [4.78, 5) is 27.4. The maximum Gasteiger partial charge on any atom is 0.299 e. The number of pyridine rings is 1. The summed E-state index contributed by atoms with van der Waals surface area (Å²) < 4.78 is 18.3. The molecule has 0 radical (unpaired) electrons. The predicted molar refractivity (Wildman–Crippen MR) is 151 cm³/mol. The van der Waals surface area contributed by atoms with Gasteiger partial charge in [-0.1, -0.05) is 24.3 Å². The van der Waals surface area contributed by atoms with E-state index >= 15 is 0 Å². The summed E-state index contributed by atoms with van der Waals surface area (Å²) in [7, 11) is 4.58. The fourth-order valence-electron chi connectivity index (χ4n) is 4.31. The van der Waals surface area contributed by atoms with E-state index in [4.69, 9.17) is 14.2 Å². The number of methoxy groups -OCH3 is 3. The lowest BCUT2D eigenvalue weighted by Gasteiger charge is -2.15. The zero-order valence-corrected chi connectivity index (χ0v) is 21.9. The van der Waals surface area contributed by atoms with Crippen molar-refractivity contribution in [2.75, 3.05) is 21.3 Å². The highest BCUT2D eigenvalue weighted by Crippen LogP contribution is 2.31. The number of hydrogen-bond acceptors (Lipinski definition) is 8. The molecule has 3 aromatic carbocycles. The Morgan fingerprint density at radius 3 is 2.20 bits per heavy atom. The molecule has 198 valence electrons. The summed E-state index contributed by atoms with van der Waals surface area (Å²) in [6.07, 6.45) is 1.50. The van der Waals surface area contributed by atoms with Crippen molar-refractivity contribution in [2.24, 2.45) is 5.10 Å². The van der Waals surface area contributed by atoms with Gasteiger partial charge in [0.2, 0.25) is 0 Å². The molecule has 0 amide bonds. The molecule has 0 aliphatic carbocycles. The Labute approximate surface area is 228 Å². The molecule has 0 atom stereocenters. The molecular weight excluding hydrogens is 510 g/mol. The van der Waals surface area contributed by atoms with Crippen LogP contribution in [-0.4, -0.2) is 42.0 Å². The molecule has 0 aliphatic heterocycles. The molecule has 0 saturated carbocycles. The highest BCUT2D eigenvalue weighted by Gasteiger charge is 2.21. The number of nitriles is 1. The number of rotatable bonds is 7. The summed E-state index contributed by atoms with van der Waals surface area (Å²) in [5.74, 6) is 1.62. The molecule has 0 unspecified atom stereocenters. The van der Waals surface area contributed by atoms with Gasteiger partial charge in [0.15, 0.2) is 5.52 Å². The SMILES string of the molecule is COc1ccc(-n2nc3c(=O)n(/N=C\c4ccccc4OC)c(-c4ccccc4OC)cc3c(C#N)c2=O)cc1. The minimum Gasteiger partial charge on any atom is -0.497 e. The largest absolute Gasteiger partial charge is 0.497 e. The smallest absolute Gasteiger partial charge is 0.299 e. The molecule has 5 rings (SSSR count). The third-order valence-electron chi connectivity index (χ3n) is 6.30. The van der Waals surface area contributed by atoms with Gasteiger partial charge in [0.25, 0.3) is 11.1 Å². The molecule has 5 aromatic rings. The summed E-state index contributed by atoms with van der Waals surface area (Å²) >= 11 is 0. The number of hydrogen-bond donors (Lipinski definition) is 0. The molecule has 2 heterocycles. The lowest BCUT2D eigenvalue weighted by atomic mass is 10.1. The molecule has 0 bridgehead atoms. The van der Waals surface area contributed by atoms with Gasteiger partial charge in [-0.2, -0.15) is 24.8 Å². The monoisotopic (exact) mass is 533 g/mol. The van der Waals surface area contributed by atoms with Crippen LogP contribution >= 0.6 is 0 Å². The molecule has 40 heavy (non-hydrogen) atoms. The van der Waals surface area contributed by atoms with Crippen molar-refractivity contribution < 1.29 is 14.2 Å². The maximum absolute atomic E-state index is 14.0. The summed E-state index contributed by atoms with van der Waals surface area (Å²) in [6.45, 7) is 0. The minimum absolute atomic E-state index is 0.104. The van der Waals surface area contributed by atoms with Crippen molar-refractivity contribution in [3.63, 3.8) is 0 Å². The van der Waals surface area contributed by atoms with Crippen molar-refractivity contribution >= 4 is 17.1 Å². The first-order chi connectivity index (χ1) is 19.5. The van der Waals surface area contributed by atoms with Crippen LogP contribution in [0.5, 0.6) is 17.2 Å². The normalized spacial score (nSPS) is 10.9. The van der Waals surface area contributed by atoms with Gasteiger partial charge in [-0.25, -0.2) is 0 Å². The van der Waals surface area contributed by atoms with Crippen LogP contribution in [-0.2, 0) is 0 Å². The topological polar surface area (TPSA) is 121 Å². The fourth-order valence-corrected chi connectivity index (χ4v) is 4.31. The Kier molecular flexibility index (Phi) is 7.11. The van der Waals surface area contributed by atoms with E-state index in [1.54, 1.807) is 73.8 Å². The first kappa shape index (κ1) is 25.9. The summed E-state index contributed by atoms with van der Waals surface area (Å²) in [5, 5.41) is 19.0. The predicted octanol–water partition coefficient (Wildman–Crippen LogP) is 3.99. The highest BCUT2D eigenvalue weighted by atomic mass is 16.5. The summed E-state index contributed by atoms with van der Waals surface area (Å²) in [5.41, 5.74) is 0.200. The van der Waals surface area contributed by atoms with Crippen molar-refractivity contribution in [2.45, 2.75) is 0 Å². The third-order valence-corrected chi connectivity index (χ3v) is 6.30. The molecule has 0 fully saturated rings. The number of ether oxygens (including phenoxy) is 3. The van der Waals surface area contributed by atoms with Crippen LogP contribution in [0, 0.1) is 11.3 Å². The molecule has 0 saturated heterocycles. The lowest BCUT2D eigenvalue weighted by molar-refractivity contribution is 0.414. The number of fused-ring (bicyclic) bond motifs is 1. The number of aromatic nitrogens is 3. The van der Waals surface area contributed by atoms with Crippen LogP contribution < -0.4 is 25.3 Å². The quantitative estimate of drug-likeness (QED) is 0.290. The zero-order valence-electron chi connectivity index (χ0n) is 21.9. The van der Waals surface area contributed by atoms with Gasteiger partial charge in [-0.3, -0.25) is 9.59 Å². The van der Waals surface area contributed by atoms with E-state index in [2.05, 4.69) is 10.2 Å². The van der Waals surface area contributed by atoms with E-state index in [-0.39, 0.29) is 16.5 Å². The van der Waals surface area contributed by atoms with Crippen LogP contribution in [0.2, 0.25) is 0 Å². The average Bonchev–Trinajstić information content (AvgIpc) is 3.00. The third kappa shape index (κ3) is 4.56. The molecular formula is C30H23N5O5. The Morgan fingerprint density at radius 2 is 1.52 bits per heavy atom. The first-order valence-electron chi connectivity index (χ1n) is 12.1. The molecule has 0 spiro atoms. The molecule has 0 aliphatic rings. The Morgan fingerprint density at radius 1 is 0.850 bits per heavy atom. The Bertz CT molecular complexity index is 1920. The van der Waals surface area contributed by atoms with Crippen LogP contribution in [0.25, 0.3) is 27.8 Å². The molecule has 2 aromatic heterocycles. The second kappa shape index (κ2) is 11.0. The van der Waals surface area contributed by atoms with Crippen LogP contribution in [0.3, 0.4) is 0 Å². The van der Waals surface area contributed by atoms with E-state index in [9.17, 15) is 14.9 Å². The molecule has 10 nitrogen and oxygen atoms in total. The van der Waals surface area contributed by atoms with Crippen molar-refractivity contribution in [3.05, 3.63) is 111 Å². The van der Waals surface area contributed by atoms with Crippen molar-refractivity contribution in [1.29, 1.82) is 5.26 Å². The van der Waals surface area contributed by atoms with E-state index in [0.29, 0.717) is 39.8 Å². The van der Waals surface area contributed by atoms with E-state index in [1.807, 2.05) is 18.2 Å². The van der Waals surface area contributed by atoms with Gasteiger partial charge in [0.05, 0.1) is 38.9 Å². The fraction of sp³-hybridized carbons (Fsp3) is 0.100. The number of benzene rings is 3. The zero-order chi connectivity index (χ0) is 28.2. The highest BCUT2D eigenvalue weighted by molar-refractivity contribution is 5.89. The maximum atomic E-state index is 14.0. The summed E-state index contributed by atoms with van der Waals surface area (Å²) in [6, 6.07) is 24.3. The number of para-hydroxylation sites is 2. The average molecular weight is 534 g/mol. The van der Waals surface area contributed by atoms with Gasteiger partial charge < -0.3 is 14.2 Å². The minimum atomic E-state index is -0.666. The second-order valence-electron chi connectivity index (χ2n) is 8.50. The van der Waals surface area contributed by atoms with E-state index in [0.717, 1.165) is 4.68 Å². The lowest BCUT2D eigenvalue weighted by Crippen LogP contribution is -2.29. The van der Waals surface area contributed by atoms with Crippen molar-refractivity contribution in [3.8, 4) is 40.3 Å². The number of nitrogens with zero attached hydrogens (tertiary/aromatic N) is 5. The van der Waals surface area contributed by atoms with Crippen molar-refractivity contribution in [1.82, 2.24) is 14.5 Å². The molecule has 10 heteroatoms.